The molecule has 3 rings (SSSR count). The van der Waals surface area contributed by atoms with Gasteiger partial charge in [0.1, 0.15) is 9.68 Å². The van der Waals surface area contributed by atoms with Crippen LogP contribution in [0.5, 0.6) is 0 Å². The van der Waals surface area contributed by atoms with E-state index in [1.165, 1.54) is 0 Å². The molecule has 0 fully saturated rings. The molecule has 0 N–H and O–H groups in total. The number of ether oxygens (including phenoxy) is 1. The minimum absolute atomic E-state index is 0.173. The lowest BCUT2D eigenvalue weighted by Crippen LogP contribution is -2.11. The maximum Gasteiger partial charge on any atom is 0.339 e. The number of hydrogen-bond acceptors (Lipinski definition) is 3. The third kappa shape index (κ3) is 2.20. The van der Waals surface area contributed by atoms with E-state index in [0.717, 1.165) is 4.70 Å². The summed E-state index contributed by atoms with van der Waals surface area (Å²) in [7, 11) is 5.77. The van der Waals surface area contributed by atoms with Crippen molar-refractivity contribution in [2.24, 2.45) is 0 Å². The molecule has 2 aromatic carbocycles. The fourth-order valence-electron chi connectivity index (χ4n) is 2.36. The maximum absolute atomic E-state index is 12.7. The zero-order valence-corrected chi connectivity index (χ0v) is 12.8. The lowest BCUT2D eigenvalue weighted by molar-refractivity contribution is 0.0528. The molecule has 0 amide bonds. The highest BCUT2D eigenvalue weighted by atomic mass is 35.7. The van der Waals surface area contributed by atoms with E-state index in [0.29, 0.717) is 15.5 Å². The van der Waals surface area contributed by atoms with Crippen molar-refractivity contribution in [3.8, 4) is 0 Å². The summed E-state index contributed by atoms with van der Waals surface area (Å²) in [6.45, 7) is 2.00. The Hall–Kier alpha value is -1.91. The van der Waals surface area contributed by atoms with Crippen LogP contribution in [0, 0.1) is 0 Å². The first kappa shape index (κ1) is 14.0. The summed E-state index contributed by atoms with van der Waals surface area (Å²) < 4.78 is 6.52. The van der Waals surface area contributed by atoms with E-state index in [2.05, 4.69) is 0 Å². The van der Waals surface area contributed by atoms with Gasteiger partial charge in [0.15, 0.2) is 0 Å². The second-order valence-electron chi connectivity index (χ2n) is 4.48. The Labute approximate surface area is 128 Å². The highest BCUT2D eigenvalue weighted by Gasteiger charge is 2.24. The van der Waals surface area contributed by atoms with Gasteiger partial charge in [0.25, 0.3) is 0 Å². The normalized spacial score (nSPS) is 11.8. The summed E-state index contributed by atoms with van der Waals surface area (Å²) in [5, 5.41) is 0.924. The van der Waals surface area contributed by atoms with Crippen LogP contribution in [0.2, 0.25) is 0 Å². The summed E-state index contributed by atoms with van der Waals surface area (Å²) in [6, 6.07) is 12.4. The maximum atomic E-state index is 12.7. The highest BCUT2D eigenvalue weighted by Crippen LogP contribution is 2.39. The molecule has 0 spiro atoms. The van der Waals surface area contributed by atoms with E-state index in [4.69, 9.17) is 15.4 Å². The molecule has 3 aromatic rings. The van der Waals surface area contributed by atoms with Crippen LogP contribution in [0.1, 0.15) is 17.3 Å². The average molecular weight is 320 g/mol. The Bertz CT molecular complexity index is 914. The number of esters is 1. The van der Waals surface area contributed by atoms with Crippen LogP contribution in [-0.2, 0) is 4.74 Å². The van der Waals surface area contributed by atoms with Crippen molar-refractivity contribution in [3.63, 3.8) is 0 Å². The summed E-state index contributed by atoms with van der Waals surface area (Å²) in [6.07, 6.45) is 0. The number of carbonyl (C=O) groups is 1. The third-order valence-corrected chi connectivity index (χ3v) is 5.73. The van der Waals surface area contributed by atoms with Gasteiger partial charge in [0.05, 0.1) is 22.9 Å². The Morgan fingerprint density at radius 3 is 2.62 bits per heavy atom. The number of carbonyl (C=O) groups excluding carboxylic acids is 1. The lowest BCUT2D eigenvalue weighted by atomic mass is 10.1. The van der Waals surface area contributed by atoms with E-state index < -0.39 is 15.7 Å². The second kappa shape index (κ2) is 5.47. The molecule has 5 heteroatoms. The quantitative estimate of drug-likeness (QED) is 0.402. The Kier molecular flexibility index (Phi) is 3.66. The Morgan fingerprint density at radius 2 is 1.86 bits per heavy atom. The van der Waals surface area contributed by atoms with Crippen LogP contribution in [0.25, 0.3) is 20.2 Å². The van der Waals surface area contributed by atoms with Crippen molar-refractivity contribution in [1.29, 1.82) is 0 Å². The van der Waals surface area contributed by atoms with Crippen LogP contribution < -0.4 is 5.43 Å². The number of benzene rings is 2. The fourth-order valence-corrected chi connectivity index (χ4v) is 4.52. The van der Waals surface area contributed by atoms with Crippen molar-refractivity contribution in [3.05, 3.63) is 58.3 Å². The monoisotopic (exact) mass is 319 g/mol. The zero-order valence-electron chi connectivity index (χ0n) is 11.3. The zero-order chi connectivity index (χ0) is 15.0. The molecule has 106 valence electrons. The molecule has 0 saturated carbocycles. The topological polar surface area (TPSA) is 43.4 Å². The predicted molar refractivity (Wildman–Crippen MR) is 87.4 cm³/mol. The van der Waals surface area contributed by atoms with Gasteiger partial charge < -0.3 is 4.74 Å². The van der Waals surface area contributed by atoms with E-state index >= 15 is 0 Å². The van der Waals surface area contributed by atoms with E-state index in [1.54, 1.807) is 37.3 Å². The van der Waals surface area contributed by atoms with Gasteiger partial charge in [-0.15, -0.1) is 0 Å². The van der Waals surface area contributed by atoms with Crippen LogP contribution in [0.15, 0.2) is 47.3 Å². The lowest BCUT2D eigenvalue weighted by Gasteiger charge is -2.04. The van der Waals surface area contributed by atoms with Crippen LogP contribution >= 0.6 is 20.4 Å². The van der Waals surface area contributed by atoms with Gasteiger partial charge in [-0.25, -0.2) is 4.79 Å². The first-order chi connectivity index (χ1) is 10.1. The highest BCUT2D eigenvalue weighted by molar-refractivity contribution is 7.69. The molecule has 0 saturated heterocycles. The summed E-state index contributed by atoms with van der Waals surface area (Å²) in [5.41, 5.74) is 0.112. The molecule has 0 aliphatic carbocycles. The molecule has 1 aromatic heterocycles. The average Bonchev–Trinajstić information content (AvgIpc) is 2.52. The minimum atomic E-state index is -0.748. The molecule has 0 aliphatic rings. The summed E-state index contributed by atoms with van der Waals surface area (Å²) in [4.78, 5) is 24.8. The van der Waals surface area contributed by atoms with Gasteiger partial charge in [-0.1, -0.05) is 18.2 Å². The largest absolute Gasteiger partial charge is 0.462 e. The van der Waals surface area contributed by atoms with Crippen LogP contribution in [-0.4, -0.2) is 12.6 Å². The number of hydrogen-bond donors (Lipinski definition) is 0. The van der Waals surface area contributed by atoms with Gasteiger partial charge in [0.2, 0.25) is 25.5 Å². The first-order valence-corrected chi connectivity index (χ1v) is 8.54. The predicted octanol–water partition coefficient (Wildman–Crippen LogP) is 4.28. The standard InChI is InChI=1S/C16H12ClO3S/c1-2-20-16(19)11-7-5-9-13-14(11)15(18)10-6-3-4-8-12(10)21(13)17/h3-9H,2H2,1H3/q+1. The van der Waals surface area contributed by atoms with Crippen molar-refractivity contribution in [2.45, 2.75) is 6.92 Å². The van der Waals surface area contributed by atoms with Gasteiger partial charge >= 0.3 is 5.97 Å². The van der Waals surface area contributed by atoms with E-state index in [9.17, 15) is 9.59 Å². The molecule has 1 unspecified atom stereocenters. The molecule has 3 nitrogen and oxygen atoms in total. The van der Waals surface area contributed by atoms with Crippen LogP contribution in [0.3, 0.4) is 0 Å². The number of fused-ring (bicyclic) bond motifs is 2. The van der Waals surface area contributed by atoms with Gasteiger partial charge in [-0.05, 0) is 19.1 Å². The summed E-state index contributed by atoms with van der Waals surface area (Å²) >= 11 is 0. The summed E-state index contributed by atoms with van der Waals surface area (Å²) in [5.74, 6) is -0.490. The van der Waals surface area contributed by atoms with E-state index in [-0.39, 0.29) is 17.6 Å². The van der Waals surface area contributed by atoms with Crippen molar-refractivity contribution in [2.75, 3.05) is 6.61 Å². The smallest absolute Gasteiger partial charge is 0.339 e. The van der Waals surface area contributed by atoms with Gasteiger partial charge in [0, 0.05) is 12.1 Å². The minimum Gasteiger partial charge on any atom is -0.462 e. The van der Waals surface area contributed by atoms with Gasteiger partial charge in [-0.3, -0.25) is 4.79 Å². The Balaban J connectivity index is 2.49. The molecule has 0 bridgehead atoms. The first-order valence-electron chi connectivity index (χ1n) is 6.49. The molecule has 1 heterocycles. The van der Waals surface area contributed by atoms with Crippen LogP contribution in [0.4, 0.5) is 0 Å². The molecule has 1 atom stereocenters. The third-order valence-electron chi connectivity index (χ3n) is 3.27. The number of rotatable bonds is 2. The molecule has 0 aliphatic heterocycles. The van der Waals surface area contributed by atoms with E-state index in [1.807, 2.05) is 12.1 Å². The molecular weight excluding hydrogens is 308 g/mol. The molecular formula is C16H12ClO3S+. The van der Waals surface area contributed by atoms with Gasteiger partial charge in [-0.2, -0.15) is 0 Å². The van der Waals surface area contributed by atoms with Crippen molar-refractivity contribution >= 4 is 46.5 Å². The second-order valence-corrected chi connectivity index (χ2v) is 6.80. The molecule has 21 heavy (non-hydrogen) atoms. The SMILES string of the molecule is CCOC(=O)c1cccc2c1c(=O)c1ccccc1[s+]2Cl. The van der Waals surface area contributed by atoms with Crippen molar-refractivity contribution < 1.29 is 9.53 Å². The molecule has 0 radical (unpaired) electrons. The van der Waals surface area contributed by atoms with Crippen molar-refractivity contribution in [1.82, 2.24) is 0 Å². The fraction of sp³-hybridized carbons (Fsp3) is 0.125. The Morgan fingerprint density at radius 1 is 1.14 bits per heavy atom. The number of halogens is 1.